The Morgan fingerprint density at radius 2 is 1.41 bits per heavy atom. The van der Waals surface area contributed by atoms with Crippen molar-refractivity contribution in [1.29, 1.82) is 0 Å². The van der Waals surface area contributed by atoms with Crippen LogP contribution in [0, 0.1) is 0 Å². The lowest BCUT2D eigenvalue weighted by atomic mass is 9.98. The molecule has 2 aromatic rings. The minimum absolute atomic E-state index is 0.0859. The molecule has 0 aromatic heterocycles. The average Bonchev–Trinajstić information content (AvgIpc) is 3.10. The summed E-state index contributed by atoms with van der Waals surface area (Å²) in [5, 5.41) is 13.9. The van der Waals surface area contributed by atoms with Crippen LogP contribution < -0.4 is 10.6 Å². The van der Waals surface area contributed by atoms with Crippen LogP contribution in [0.5, 0.6) is 0 Å². The lowest BCUT2D eigenvalue weighted by molar-refractivity contribution is -0.143. The second-order valence-electron chi connectivity index (χ2n) is 7.33. The largest absolute Gasteiger partial charge is 0.480 e. The van der Waals surface area contributed by atoms with E-state index >= 15 is 0 Å². The van der Waals surface area contributed by atoms with Gasteiger partial charge in [-0.25, -0.2) is 9.59 Å². The molecule has 2 aromatic carbocycles. The second kappa shape index (κ2) is 10.7. The number of methoxy groups -OCH3 is 2. The number of aliphatic carboxylic acids is 1. The summed E-state index contributed by atoms with van der Waals surface area (Å²) in [5.74, 6) is -2.09. The molecule has 0 aliphatic heterocycles. The van der Waals surface area contributed by atoms with Gasteiger partial charge in [0, 0.05) is 20.1 Å². The maximum Gasteiger partial charge on any atom is 0.407 e. The van der Waals surface area contributed by atoms with Gasteiger partial charge in [0.05, 0.1) is 13.2 Å². The Morgan fingerprint density at radius 1 is 0.875 bits per heavy atom. The number of carboxylic acids is 1. The number of ether oxygens (including phenoxy) is 3. The summed E-state index contributed by atoms with van der Waals surface area (Å²) in [7, 11) is 2.69. The van der Waals surface area contributed by atoms with Crippen molar-refractivity contribution >= 4 is 18.0 Å². The van der Waals surface area contributed by atoms with Crippen molar-refractivity contribution in [2.75, 3.05) is 34.0 Å². The third kappa shape index (κ3) is 5.24. The third-order valence-electron chi connectivity index (χ3n) is 5.23. The first-order valence-electron chi connectivity index (χ1n) is 10.1. The van der Waals surface area contributed by atoms with Gasteiger partial charge in [-0.1, -0.05) is 48.5 Å². The normalized spacial score (nSPS) is 14.1. The van der Waals surface area contributed by atoms with Gasteiger partial charge in [-0.2, -0.15) is 0 Å². The fourth-order valence-electron chi connectivity index (χ4n) is 3.75. The van der Waals surface area contributed by atoms with Crippen LogP contribution in [-0.4, -0.2) is 69.2 Å². The van der Waals surface area contributed by atoms with Crippen LogP contribution in [0.3, 0.4) is 0 Å². The van der Waals surface area contributed by atoms with Crippen LogP contribution >= 0.6 is 0 Å². The van der Waals surface area contributed by atoms with Gasteiger partial charge in [0.1, 0.15) is 12.6 Å². The van der Waals surface area contributed by atoms with Crippen molar-refractivity contribution in [3.8, 4) is 11.1 Å². The molecule has 3 N–H and O–H groups in total. The van der Waals surface area contributed by atoms with Gasteiger partial charge in [-0.05, 0) is 22.3 Å². The number of rotatable bonds is 10. The zero-order valence-electron chi connectivity index (χ0n) is 17.9. The van der Waals surface area contributed by atoms with E-state index in [0.717, 1.165) is 22.3 Å². The Bertz CT molecular complexity index is 933. The van der Waals surface area contributed by atoms with E-state index in [9.17, 15) is 19.5 Å². The highest BCUT2D eigenvalue weighted by atomic mass is 16.5. The molecule has 1 aliphatic carbocycles. The average molecular weight is 442 g/mol. The molecule has 2 atom stereocenters. The summed E-state index contributed by atoms with van der Waals surface area (Å²) in [5.41, 5.74) is 4.34. The number of hydrogen-bond acceptors (Lipinski definition) is 6. The molecule has 9 nitrogen and oxygen atoms in total. The first-order chi connectivity index (χ1) is 15.5. The number of fused-ring (bicyclic) bond motifs is 3. The smallest absolute Gasteiger partial charge is 0.407 e. The SMILES string of the molecule is COCC(NC(=O)[C@H](COC)NC(=O)OCC1c2ccccc2-c2ccccc21)C(=O)O. The van der Waals surface area contributed by atoms with Crippen LogP contribution in [0.4, 0.5) is 4.79 Å². The Balaban J connectivity index is 1.64. The molecule has 1 aliphatic rings. The molecular weight excluding hydrogens is 416 g/mol. The molecule has 1 unspecified atom stereocenters. The lowest BCUT2D eigenvalue weighted by Crippen LogP contribution is -2.54. The zero-order chi connectivity index (χ0) is 23.1. The van der Waals surface area contributed by atoms with E-state index in [0.29, 0.717) is 0 Å². The molecule has 0 radical (unpaired) electrons. The molecule has 3 rings (SSSR count). The van der Waals surface area contributed by atoms with E-state index in [1.165, 1.54) is 14.2 Å². The van der Waals surface area contributed by atoms with Gasteiger partial charge in [0.25, 0.3) is 0 Å². The highest BCUT2D eigenvalue weighted by Crippen LogP contribution is 2.44. The highest BCUT2D eigenvalue weighted by molar-refractivity contribution is 5.89. The Morgan fingerprint density at radius 3 is 1.94 bits per heavy atom. The van der Waals surface area contributed by atoms with Crippen LogP contribution in [0.2, 0.25) is 0 Å². The van der Waals surface area contributed by atoms with Crippen LogP contribution in [0.1, 0.15) is 17.0 Å². The maximum absolute atomic E-state index is 12.5. The predicted octanol–water partition coefficient (Wildman–Crippen LogP) is 1.76. The lowest BCUT2D eigenvalue weighted by Gasteiger charge is -2.21. The quantitative estimate of drug-likeness (QED) is 0.512. The van der Waals surface area contributed by atoms with E-state index in [1.807, 2.05) is 48.5 Å². The van der Waals surface area contributed by atoms with Gasteiger partial charge >= 0.3 is 12.1 Å². The summed E-state index contributed by atoms with van der Waals surface area (Å²) in [6.45, 7) is -0.288. The molecule has 0 heterocycles. The molecule has 0 saturated heterocycles. The number of carbonyl (C=O) groups excluding carboxylic acids is 2. The number of hydrogen-bond donors (Lipinski definition) is 3. The molecule has 32 heavy (non-hydrogen) atoms. The summed E-state index contributed by atoms with van der Waals surface area (Å²) in [4.78, 5) is 36.2. The highest BCUT2D eigenvalue weighted by Gasteiger charge is 2.30. The Hall–Kier alpha value is -3.43. The number of nitrogens with one attached hydrogen (secondary N) is 2. The van der Waals surface area contributed by atoms with Crippen molar-refractivity contribution in [3.63, 3.8) is 0 Å². The standard InChI is InChI=1S/C23H26N2O7/c1-30-12-19(21(26)24-20(13-31-2)22(27)28)25-23(29)32-11-18-16-9-5-3-7-14(16)15-8-4-6-10-17(15)18/h3-10,18-20H,11-13H2,1-2H3,(H,24,26)(H,25,29)(H,27,28)/t19-,20?/m0/s1. The fourth-order valence-corrected chi connectivity index (χ4v) is 3.75. The summed E-state index contributed by atoms with van der Waals surface area (Å²) < 4.78 is 15.2. The molecule has 9 heteroatoms. The maximum atomic E-state index is 12.5. The van der Waals surface area contributed by atoms with Gasteiger partial charge < -0.3 is 30.0 Å². The van der Waals surface area contributed by atoms with Crippen molar-refractivity contribution in [3.05, 3.63) is 59.7 Å². The van der Waals surface area contributed by atoms with Gasteiger partial charge in [0.2, 0.25) is 5.91 Å². The van der Waals surface area contributed by atoms with Crippen LogP contribution in [-0.2, 0) is 23.8 Å². The monoisotopic (exact) mass is 442 g/mol. The minimum Gasteiger partial charge on any atom is -0.480 e. The van der Waals surface area contributed by atoms with Crippen LogP contribution in [0.25, 0.3) is 11.1 Å². The van der Waals surface area contributed by atoms with Crippen molar-refractivity contribution < 1.29 is 33.7 Å². The molecule has 170 valence electrons. The Labute approximate surface area is 185 Å². The molecular formula is C23H26N2O7. The number of amides is 2. The van der Waals surface area contributed by atoms with E-state index in [4.69, 9.17) is 14.2 Å². The van der Waals surface area contributed by atoms with Gasteiger partial charge in [-0.3, -0.25) is 4.79 Å². The summed E-state index contributed by atoms with van der Waals surface area (Å²) >= 11 is 0. The number of carboxylic acid groups (broad SMARTS) is 1. The van der Waals surface area contributed by atoms with E-state index in [1.54, 1.807) is 0 Å². The Kier molecular flexibility index (Phi) is 7.80. The van der Waals surface area contributed by atoms with Crippen molar-refractivity contribution in [1.82, 2.24) is 10.6 Å². The molecule has 0 saturated carbocycles. The minimum atomic E-state index is -1.25. The summed E-state index contributed by atoms with van der Waals surface area (Å²) in [6.07, 6.45) is -0.803. The number of carbonyl (C=O) groups is 3. The van der Waals surface area contributed by atoms with Crippen LogP contribution in [0.15, 0.2) is 48.5 Å². The van der Waals surface area contributed by atoms with Gasteiger partial charge in [-0.15, -0.1) is 0 Å². The number of alkyl carbamates (subject to hydrolysis) is 1. The number of benzene rings is 2. The first kappa shape index (κ1) is 23.2. The predicted molar refractivity (Wildman–Crippen MR) is 115 cm³/mol. The van der Waals surface area contributed by atoms with Gasteiger partial charge in [0.15, 0.2) is 6.04 Å². The molecule has 0 bridgehead atoms. The van der Waals surface area contributed by atoms with Crippen molar-refractivity contribution in [2.24, 2.45) is 0 Å². The zero-order valence-corrected chi connectivity index (χ0v) is 17.9. The topological polar surface area (TPSA) is 123 Å². The molecule has 2 amide bonds. The molecule has 0 spiro atoms. The second-order valence-corrected chi connectivity index (χ2v) is 7.33. The van der Waals surface area contributed by atoms with Crippen molar-refractivity contribution in [2.45, 2.75) is 18.0 Å². The third-order valence-corrected chi connectivity index (χ3v) is 5.23. The van der Waals surface area contributed by atoms with E-state index in [2.05, 4.69) is 10.6 Å². The summed E-state index contributed by atoms with van der Waals surface area (Å²) in [6, 6.07) is 13.5. The first-order valence-corrected chi connectivity index (χ1v) is 10.1. The fraction of sp³-hybridized carbons (Fsp3) is 0.348. The van der Waals surface area contributed by atoms with E-state index < -0.39 is 30.1 Å². The van der Waals surface area contributed by atoms with E-state index in [-0.39, 0.29) is 25.7 Å². The molecule has 0 fully saturated rings.